The third-order valence-corrected chi connectivity index (χ3v) is 4.13. The summed E-state index contributed by atoms with van der Waals surface area (Å²) in [5.74, 6) is -0.0182. The van der Waals surface area contributed by atoms with Gasteiger partial charge in [0.15, 0.2) is 0 Å². The molecule has 1 atom stereocenters. The largest absolute Gasteiger partial charge is 0.506 e. The molecule has 0 spiro atoms. The van der Waals surface area contributed by atoms with Crippen LogP contribution < -0.4 is 5.32 Å². The maximum Gasteiger partial charge on any atom is 0.253 e. The van der Waals surface area contributed by atoms with Crippen molar-refractivity contribution in [3.05, 3.63) is 28.8 Å². The van der Waals surface area contributed by atoms with Crippen molar-refractivity contribution in [1.82, 2.24) is 10.2 Å². The molecule has 0 saturated carbocycles. The summed E-state index contributed by atoms with van der Waals surface area (Å²) in [7, 11) is 0. The molecule has 4 nitrogen and oxygen atoms in total. The Hall–Kier alpha value is -1.26. The van der Waals surface area contributed by atoms with Gasteiger partial charge in [-0.2, -0.15) is 0 Å². The second-order valence-electron chi connectivity index (χ2n) is 5.56. The molecule has 1 fully saturated rings. The van der Waals surface area contributed by atoms with E-state index in [4.69, 9.17) is 11.6 Å². The van der Waals surface area contributed by atoms with Crippen LogP contribution in [-0.2, 0) is 0 Å². The molecule has 1 aliphatic rings. The van der Waals surface area contributed by atoms with Gasteiger partial charge in [0.25, 0.3) is 5.91 Å². The first kappa shape index (κ1) is 16.1. The van der Waals surface area contributed by atoms with E-state index in [1.54, 1.807) is 6.07 Å². The van der Waals surface area contributed by atoms with Crippen LogP contribution in [0.1, 0.15) is 43.0 Å². The zero-order valence-corrected chi connectivity index (χ0v) is 13.2. The predicted molar refractivity (Wildman–Crippen MR) is 85.0 cm³/mol. The van der Waals surface area contributed by atoms with Crippen LogP contribution in [0.3, 0.4) is 0 Å². The Bertz CT molecular complexity index is 487. The SMILES string of the molecule is CCCN(CC1CCCCN1)C(=O)c1ccc(O)c(Cl)c1. The average Bonchev–Trinajstić information content (AvgIpc) is 2.50. The van der Waals surface area contributed by atoms with Crippen molar-refractivity contribution in [2.75, 3.05) is 19.6 Å². The molecule has 1 aromatic carbocycles. The number of carbonyl (C=O) groups excluding carboxylic acids is 1. The monoisotopic (exact) mass is 310 g/mol. The van der Waals surface area contributed by atoms with E-state index in [0.717, 1.165) is 32.5 Å². The van der Waals surface area contributed by atoms with Gasteiger partial charge in [0, 0.05) is 24.7 Å². The Morgan fingerprint density at radius 3 is 2.90 bits per heavy atom. The number of benzene rings is 1. The van der Waals surface area contributed by atoms with E-state index in [-0.39, 0.29) is 16.7 Å². The standard InChI is InChI=1S/C16H23ClN2O2/c1-2-9-19(11-13-5-3-4-8-18-13)16(21)12-6-7-15(20)14(17)10-12/h6-7,10,13,18,20H,2-5,8-9,11H2,1H3. The lowest BCUT2D eigenvalue weighted by Gasteiger charge is -2.30. The lowest BCUT2D eigenvalue weighted by molar-refractivity contribution is 0.0731. The summed E-state index contributed by atoms with van der Waals surface area (Å²) in [5, 5.41) is 13.2. The number of phenols is 1. The van der Waals surface area contributed by atoms with E-state index < -0.39 is 0 Å². The van der Waals surface area contributed by atoms with Gasteiger partial charge < -0.3 is 15.3 Å². The molecule has 1 aromatic rings. The van der Waals surface area contributed by atoms with Crippen molar-refractivity contribution in [3.8, 4) is 5.75 Å². The number of carbonyl (C=O) groups is 1. The molecule has 2 rings (SSSR count). The summed E-state index contributed by atoms with van der Waals surface area (Å²) in [6.45, 7) is 4.56. The average molecular weight is 311 g/mol. The zero-order valence-electron chi connectivity index (χ0n) is 12.4. The molecule has 1 heterocycles. The molecule has 1 unspecified atom stereocenters. The first-order valence-corrected chi connectivity index (χ1v) is 8.00. The molecule has 0 radical (unpaired) electrons. The number of nitrogens with zero attached hydrogens (tertiary/aromatic N) is 1. The number of aromatic hydroxyl groups is 1. The van der Waals surface area contributed by atoms with Gasteiger partial charge in [-0.05, 0) is 44.0 Å². The highest BCUT2D eigenvalue weighted by Gasteiger charge is 2.21. The van der Waals surface area contributed by atoms with Gasteiger partial charge in [-0.15, -0.1) is 0 Å². The molecule has 1 saturated heterocycles. The molecule has 0 bridgehead atoms. The molecule has 21 heavy (non-hydrogen) atoms. The van der Waals surface area contributed by atoms with Crippen LogP contribution >= 0.6 is 11.6 Å². The fraction of sp³-hybridized carbons (Fsp3) is 0.562. The number of nitrogens with one attached hydrogen (secondary N) is 1. The molecule has 1 aliphatic heterocycles. The Kier molecular flexibility index (Phi) is 5.88. The number of piperidine rings is 1. The van der Waals surface area contributed by atoms with E-state index in [0.29, 0.717) is 11.6 Å². The summed E-state index contributed by atoms with van der Waals surface area (Å²) in [6.07, 6.45) is 4.47. The summed E-state index contributed by atoms with van der Waals surface area (Å²) < 4.78 is 0. The molecule has 116 valence electrons. The first-order valence-electron chi connectivity index (χ1n) is 7.63. The van der Waals surface area contributed by atoms with Crippen LogP contribution in [-0.4, -0.2) is 41.6 Å². The van der Waals surface area contributed by atoms with Gasteiger partial charge in [-0.3, -0.25) is 4.79 Å². The summed E-state index contributed by atoms with van der Waals surface area (Å²) >= 11 is 5.90. The highest BCUT2D eigenvalue weighted by Crippen LogP contribution is 2.24. The number of hydrogen-bond donors (Lipinski definition) is 2. The Morgan fingerprint density at radius 1 is 1.48 bits per heavy atom. The molecular weight excluding hydrogens is 288 g/mol. The minimum absolute atomic E-state index is 0.00389. The fourth-order valence-corrected chi connectivity index (χ4v) is 2.89. The number of amides is 1. The molecule has 2 N–H and O–H groups in total. The number of hydrogen-bond acceptors (Lipinski definition) is 3. The van der Waals surface area contributed by atoms with Gasteiger partial charge in [-0.1, -0.05) is 24.9 Å². The van der Waals surface area contributed by atoms with Crippen molar-refractivity contribution in [2.24, 2.45) is 0 Å². The van der Waals surface area contributed by atoms with Crippen molar-refractivity contribution in [1.29, 1.82) is 0 Å². The highest BCUT2D eigenvalue weighted by atomic mass is 35.5. The number of rotatable bonds is 5. The first-order chi connectivity index (χ1) is 10.1. The Labute approximate surface area is 131 Å². The maximum atomic E-state index is 12.6. The Morgan fingerprint density at radius 2 is 2.29 bits per heavy atom. The van der Waals surface area contributed by atoms with Crippen LogP contribution in [0.5, 0.6) is 5.75 Å². The highest BCUT2D eigenvalue weighted by molar-refractivity contribution is 6.32. The molecular formula is C16H23ClN2O2. The predicted octanol–water partition coefficient (Wildman–Crippen LogP) is 3.04. The van der Waals surface area contributed by atoms with Gasteiger partial charge in [0.2, 0.25) is 0 Å². The van der Waals surface area contributed by atoms with Crippen molar-refractivity contribution in [3.63, 3.8) is 0 Å². The van der Waals surface area contributed by atoms with E-state index in [9.17, 15) is 9.90 Å². The third-order valence-electron chi connectivity index (χ3n) is 3.83. The number of halogens is 1. The zero-order chi connectivity index (χ0) is 15.2. The summed E-state index contributed by atoms with van der Waals surface area (Å²) in [6, 6.07) is 5.01. The van der Waals surface area contributed by atoms with Crippen LogP contribution in [0.25, 0.3) is 0 Å². The minimum Gasteiger partial charge on any atom is -0.506 e. The molecule has 5 heteroatoms. The van der Waals surface area contributed by atoms with Crippen LogP contribution in [0, 0.1) is 0 Å². The van der Waals surface area contributed by atoms with E-state index in [1.165, 1.54) is 25.0 Å². The maximum absolute atomic E-state index is 12.6. The molecule has 0 aliphatic carbocycles. The quantitative estimate of drug-likeness (QED) is 0.879. The minimum atomic E-state index is -0.0221. The molecule has 0 aromatic heterocycles. The van der Waals surface area contributed by atoms with Crippen molar-refractivity contribution >= 4 is 17.5 Å². The lowest BCUT2D eigenvalue weighted by Crippen LogP contribution is -2.46. The van der Waals surface area contributed by atoms with Crippen molar-refractivity contribution < 1.29 is 9.90 Å². The summed E-state index contributed by atoms with van der Waals surface area (Å²) in [4.78, 5) is 14.5. The fourth-order valence-electron chi connectivity index (χ4n) is 2.71. The second-order valence-corrected chi connectivity index (χ2v) is 5.97. The topological polar surface area (TPSA) is 52.6 Å². The molecule has 1 amide bonds. The van der Waals surface area contributed by atoms with Crippen LogP contribution in [0.2, 0.25) is 5.02 Å². The van der Waals surface area contributed by atoms with Gasteiger partial charge in [0.05, 0.1) is 5.02 Å². The van der Waals surface area contributed by atoms with Crippen LogP contribution in [0.15, 0.2) is 18.2 Å². The summed E-state index contributed by atoms with van der Waals surface area (Å²) in [5.41, 5.74) is 0.530. The van der Waals surface area contributed by atoms with E-state index in [2.05, 4.69) is 12.2 Å². The Balaban J connectivity index is 2.08. The normalized spacial score (nSPS) is 18.5. The second kappa shape index (κ2) is 7.66. The van der Waals surface area contributed by atoms with Gasteiger partial charge in [-0.25, -0.2) is 0 Å². The lowest BCUT2D eigenvalue weighted by atomic mass is 10.0. The van der Waals surface area contributed by atoms with Crippen molar-refractivity contribution in [2.45, 2.75) is 38.6 Å². The van der Waals surface area contributed by atoms with Gasteiger partial charge in [0.1, 0.15) is 5.75 Å². The number of phenolic OH excluding ortho intramolecular Hbond substituents is 1. The van der Waals surface area contributed by atoms with E-state index in [1.807, 2.05) is 4.90 Å². The van der Waals surface area contributed by atoms with Crippen LogP contribution in [0.4, 0.5) is 0 Å². The van der Waals surface area contributed by atoms with Gasteiger partial charge >= 0.3 is 0 Å². The smallest absolute Gasteiger partial charge is 0.253 e. The third kappa shape index (κ3) is 4.35. The van der Waals surface area contributed by atoms with E-state index >= 15 is 0 Å².